The molecule has 0 bridgehead atoms. The smallest absolute Gasteiger partial charge is 0.224 e. The first-order valence-electron chi connectivity index (χ1n) is 8.79. The van der Waals surface area contributed by atoms with Crippen LogP contribution >= 0.6 is 12.4 Å². The lowest BCUT2D eigenvalue weighted by molar-refractivity contribution is -0.131. The number of amides is 1. The molecule has 5 nitrogen and oxygen atoms in total. The quantitative estimate of drug-likeness (QED) is 0.751. The first-order chi connectivity index (χ1) is 11.5. The summed E-state index contributed by atoms with van der Waals surface area (Å²) in [5.74, 6) is 0.682. The Morgan fingerprint density at radius 1 is 1.24 bits per heavy atom. The van der Waals surface area contributed by atoms with E-state index >= 15 is 0 Å². The Balaban J connectivity index is 0.00000312. The Bertz CT molecular complexity index is 539. The van der Waals surface area contributed by atoms with Crippen molar-refractivity contribution in [2.24, 2.45) is 16.8 Å². The van der Waals surface area contributed by atoms with Gasteiger partial charge in [-0.2, -0.15) is 0 Å². The Hall–Kier alpha value is -1.59. The van der Waals surface area contributed by atoms with E-state index in [1.165, 1.54) is 0 Å². The molecule has 1 heterocycles. The monoisotopic (exact) mass is 367 g/mol. The van der Waals surface area contributed by atoms with Crippen molar-refractivity contribution < 1.29 is 9.63 Å². The lowest BCUT2D eigenvalue weighted by atomic mass is 10.0. The average Bonchev–Trinajstić information content (AvgIpc) is 2.55. The predicted octanol–water partition coefficient (Wildman–Crippen LogP) is 3.37. The zero-order chi connectivity index (χ0) is 17.4. The third kappa shape index (κ3) is 7.88. The fraction of sp³-hybridized carbons (Fsp3) is 0.579. The molecule has 6 heteroatoms. The minimum atomic E-state index is -0.0400. The molecule has 1 aromatic rings. The molecule has 2 rings (SSSR count). The molecular formula is C19H30ClN3O2. The van der Waals surface area contributed by atoms with Crippen molar-refractivity contribution in [1.29, 1.82) is 0 Å². The first-order valence-corrected chi connectivity index (χ1v) is 8.79. The molecule has 25 heavy (non-hydrogen) atoms. The predicted molar refractivity (Wildman–Crippen MR) is 104 cm³/mol. The van der Waals surface area contributed by atoms with Crippen LogP contribution in [0, 0.1) is 5.92 Å². The molecule has 1 saturated heterocycles. The van der Waals surface area contributed by atoms with Crippen molar-refractivity contribution in [2.45, 2.75) is 52.2 Å². The fourth-order valence-electron chi connectivity index (χ4n) is 2.92. The number of halogens is 1. The van der Waals surface area contributed by atoms with Gasteiger partial charge in [0.2, 0.25) is 5.91 Å². The number of piperidine rings is 1. The molecule has 140 valence electrons. The van der Waals surface area contributed by atoms with Crippen LogP contribution in [0.5, 0.6) is 0 Å². The Labute approximate surface area is 157 Å². The molecule has 1 aliphatic rings. The number of nitrogens with two attached hydrogens (primary N) is 1. The molecule has 1 amide bonds. The summed E-state index contributed by atoms with van der Waals surface area (Å²) in [5, 5.41) is 4.23. The van der Waals surface area contributed by atoms with Gasteiger partial charge in [0, 0.05) is 38.4 Å². The molecule has 1 aromatic carbocycles. The Morgan fingerprint density at radius 2 is 1.88 bits per heavy atom. The van der Waals surface area contributed by atoms with Gasteiger partial charge in [-0.25, -0.2) is 0 Å². The van der Waals surface area contributed by atoms with E-state index in [9.17, 15) is 4.79 Å². The van der Waals surface area contributed by atoms with Crippen molar-refractivity contribution in [3.05, 3.63) is 35.9 Å². The lowest BCUT2D eigenvalue weighted by Gasteiger charge is -2.28. The van der Waals surface area contributed by atoms with Gasteiger partial charge in [0.1, 0.15) is 6.61 Å². The molecule has 2 N–H and O–H groups in total. The van der Waals surface area contributed by atoms with E-state index in [2.05, 4.69) is 19.0 Å². The third-order valence-corrected chi connectivity index (χ3v) is 4.17. The number of hydrogen-bond acceptors (Lipinski definition) is 4. The van der Waals surface area contributed by atoms with E-state index in [-0.39, 0.29) is 24.4 Å². The van der Waals surface area contributed by atoms with Crippen molar-refractivity contribution in [3.63, 3.8) is 0 Å². The van der Waals surface area contributed by atoms with Gasteiger partial charge in [-0.1, -0.05) is 49.3 Å². The molecule has 1 aliphatic heterocycles. The Kier molecular flexibility index (Phi) is 9.53. The molecule has 0 radical (unpaired) electrons. The lowest BCUT2D eigenvalue weighted by Crippen LogP contribution is -2.41. The van der Waals surface area contributed by atoms with Crippen LogP contribution in [0.1, 0.15) is 45.1 Å². The van der Waals surface area contributed by atoms with Crippen molar-refractivity contribution >= 4 is 24.0 Å². The second kappa shape index (κ2) is 11.1. The van der Waals surface area contributed by atoms with Gasteiger partial charge in [-0.3, -0.25) is 4.79 Å². The van der Waals surface area contributed by atoms with Crippen molar-refractivity contribution in [3.8, 4) is 0 Å². The number of oxime groups is 1. The minimum Gasteiger partial charge on any atom is -0.391 e. The third-order valence-electron chi connectivity index (χ3n) is 4.17. The van der Waals surface area contributed by atoms with E-state index < -0.39 is 0 Å². The standard InChI is InChI=1S/C19H29N3O2.ClH/c1-15(2)12-17(20)13-19(23)22-10-8-18(9-11-22)21-24-14-16-6-4-3-5-7-16;/h3-7,15,17H,8-14,20H2,1-2H3;1H. The van der Waals surface area contributed by atoms with Crippen LogP contribution in [0.25, 0.3) is 0 Å². The number of carbonyl (C=O) groups excluding carboxylic acids is 1. The molecule has 0 aliphatic carbocycles. The van der Waals surface area contributed by atoms with Crippen LogP contribution in [-0.2, 0) is 16.2 Å². The highest BCUT2D eigenvalue weighted by Crippen LogP contribution is 2.13. The first kappa shape index (κ1) is 21.5. The summed E-state index contributed by atoms with van der Waals surface area (Å²) in [5.41, 5.74) is 8.17. The second-order valence-electron chi connectivity index (χ2n) is 6.89. The number of nitrogens with zero attached hydrogens (tertiary/aromatic N) is 2. The summed E-state index contributed by atoms with van der Waals surface area (Å²) in [6.07, 6.45) is 2.88. The number of benzene rings is 1. The minimum absolute atomic E-state index is 0. The van der Waals surface area contributed by atoms with E-state index in [4.69, 9.17) is 10.6 Å². The SMILES string of the molecule is CC(C)CC(N)CC(=O)N1CCC(=NOCc2ccccc2)CC1.Cl. The molecule has 1 fully saturated rings. The normalized spacial score (nSPS) is 15.5. The van der Waals surface area contributed by atoms with Gasteiger partial charge < -0.3 is 15.5 Å². The number of carbonyl (C=O) groups is 1. The van der Waals surface area contributed by atoms with Crippen molar-refractivity contribution in [1.82, 2.24) is 4.90 Å². The zero-order valence-electron chi connectivity index (χ0n) is 15.2. The second-order valence-corrected chi connectivity index (χ2v) is 6.89. The van der Waals surface area contributed by atoms with Gasteiger partial charge in [-0.15, -0.1) is 12.4 Å². The summed E-state index contributed by atoms with van der Waals surface area (Å²) >= 11 is 0. The van der Waals surface area contributed by atoms with Gasteiger partial charge >= 0.3 is 0 Å². The van der Waals surface area contributed by atoms with Crippen LogP contribution in [0.2, 0.25) is 0 Å². The molecule has 1 atom stereocenters. The van der Waals surface area contributed by atoms with Crippen molar-refractivity contribution in [2.75, 3.05) is 13.1 Å². The highest BCUT2D eigenvalue weighted by molar-refractivity contribution is 5.87. The van der Waals surface area contributed by atoms with E-state index in [1.54, 1.807) is 0 Å². The maximum absolute atomic E-state index is 12.3. The Morgan fingerprint density at radius 3 is 2.48 bits per heavy atom. The van der Waals surface area contributed by atoms with Crippen LogP contribution in [0.15, 0.2) is 35.5 Å². The van der Waals surface area contributed by atoms with Crippen LogP contribution in [0.4, 0.5) is 0 Å². The average molecular weight is 368 g/mol. The fourth-order valence-corrected chi connectivity index (χ4v) is 2.92. The van der Waals surface area contributed by atoms with Crippen LogP contribution in [-0.4, -0.2) is 35.7 Å². The molecular weight excluding hydrogens is 338 g/mol. The highest BCUT2D eigenvalue weighted by atomic mass is 35.5. The summed E-state index contributed by atoms with van der Waals surface area (Å²) in [4.78, 5) is 19.6. The molecule has 0 aromatic heterocycles. The van der Waals surface area contributed by atoms with E-state index in [0.29, 0.717) is 32.0 Å². The molecule has 1 unspecified atom stereocenters. The zero-order valence-corrected chi connectivity index (χ0v) is 16.0. The van der Waals surface area contributed by atoms with Gasteiger partial charge in [-0.05, 0) is 17.9 Å². The van der Waals surface area contributed by atoms with E-state index in [1.807, 2.05) is 35.2 Å². The highest BCUT2D eigenvalue weighted by Gasteiger charge is 2.22. The van der Waals surface area contributed by atoms with Crippen LogP contribution in [0.3, 0.4) is 0 Å². The summed E-state index contributed by atoms with van der Waals surface area (Å²) in [6.45, 7) is 6.16. The van der Waals surface area contributed by atoms with Gasteiger partial charge in [0.15, 0.2) is 0 Å². The molecule has 0 saturated carbocycles. The largest absolute Gasteiger partial charge is 0.391 e. The van der Waals surface area contributed by atoms with Gasteiger partial charge in [0.05, 0.1) is 5.71 Å². The maximum Gasteiger partial charge on any atom is 0.224 e. The topological polar surface area (TPSA) is 67.9 Å². The number of rotatable bonds is 7. The summed E-state index contributed by atoms with van der Waals surface area (Å²) < 4.78 is 0. The number of likely N-dealkylation sites (tertiary alicyclic amines) is 1. The molecule has 0 spiro atoms. The summed E-state index contributed by atoms with van der Waals surface area (Å²) in [7, 11) is 0. The van der Waals surface area contributed by atoms with Gasteiger partial charge in [0.25, 0.3) is 0 Å². The summed E-state index contributed by atoms with van der Waals surface area (Å²) in [6, 6.07) is 9.94. The van der Waals surface area contributed by atoms with E-state index in [0.717, 1.165) is 30.5 Å². The maximum atomic E-state index is 12.3. The van der Waals surface area contributed by atoms with Crippen LogP contribution < -0.4 is 5.73 Å². The number of hydrogen-bond donors (Lipinski definition) is 1.